The number of anilines is 1. The summed E-state index contributed by atoms with van der Waals surface area (Å²) >= 11 is 0. The van der Waals surface area contributed by atoms with Crippen LogP contribution in [0.3, 0.4) is 0 Å². The zero-order valence-corrected chi connectivity index (χ0v) is 20.1. The third-order valence-electron chi connectivity index (χ3n) is 5.49. The molecule has 1 aromatic heterocycles. The first-order chi connectivity index (χ1) is 14.7. The third kappa shape index (κ3) is 9.54. The van der Waals surface area contributed by atoms with Gasteiger partial charge in [-0.25, -0.2) is 4.98 Å². The summed E-state index contributed by atoms with van der Waals surface area (Å²) in [7, 11) is 1.73. The average molecular weight is 435 g/mol. The second kappa shape index (κ2) is 12.4. The second-order valence-corrected chi connectivity index (χ2v) is 9.57. The van der Waals surface area contributed by atoms with E-state index in [2.05, 4.69) is 29.3 Å². The van der Waals surface area contributed by atoms with Crippen LogP contribution in [0.2, 0.25) is 0 Å². The molecule has 0 bridgehead atoms. The van der Waals surface area contributed by atoms with Crippen molar-refractivity contribution < 1.29 is 14.3 Å². The highest BCUT2D eigenvalue weighted by Gasteiger charge is 2.23. The van der Waals surface area contributed by atoms with Crippen molar-refractivity contribution >= 4 is 11.8 Å². The van der Waals surface area contributed by atoms with E-state index < -0.39 is 11.6 Å². The minimum atomic E-state index is -0.605. The highest BCUT2D eigenvalue weighted by molar-refractivity contribution is 5.75. The number of fused-ring (bicyclic) bond motifs is 1. The molecule has 0 saturated carbocycles. The van der Waals surface area contributed by atoms with Crippen molar-refractivity contribution in [1.29, 1.82) is 0 Å². The van der Waals surface area contributed by atoms with E-state index in [1.165, 1.54) is 12.0 Å². The lowest BCUT2D eigenvalue weighted by Crippen LogP contribution is -2.41. The van der Waals surface area contributed by atoms with Crippen LogP contribution in [-0.2, 0) is 27.1 Å². The van der Waals surface area contributed by atoms with E-state index in [1.54, 1.807) is 7.11 Å². The minimum Gasteiger partial charge on any atom is -0.459 e. The first kappa shape index (κ1) is 25.6. The van der Waals surface area contributed by atoms with Gasteiger partial charge in [-0.2, -0.15) is 0 Å². The van der Waals surface area contributed by atoms with E-state index >= 15 is 0 Å². The Morgan fingerprint density at radius 2 is 2.06 bits per heavy atom. The highest BCUT2D eigenvalue weighted by Crippen LogP contribution is 2.20. The summed E-state index contributed by atoms with van der Waals surface area (Å²) in [5, 5.41) is 3.41. The van der Waals surface area contributed by atoms with Crippen LogP contribution < -0.4 is 11.1 Å². The smallest absolute Gasteiger partial charge is 0.323 e. The molecule has 0 radical (unpaired) electrons. The summed E-state index contributed by atoms with van der Waals surface area (Å²) in [6.07, 6.45) is 6.11. The molecule has 0 amide bonds. The molecule has 1 aliphatic heterocycles. The number of hydrogen-bond donors (Lipinski definition) is 2. The first-order valence-electron chi connectivity index (χ1n) is 11.6. The van der Waals surface area contributed by atoms with Crippen LogP contribution in [0.4, 0.5) is 5.82 Å². The topological polar surface area (TPSA) is 89.7 Å². The Morgan fingerprint density at radius 3 is 2.77 bits per heavy atom. The molecule has 3 N–H and O–H groups in total. The van der Waals surface area contributed by atoms with Crippen LogP contribution in [0.5, 0.6) is 0 Å². The van der Waals surface area contributed by atoms with Crippen molar-refractivity contribution in [3.63, 3.8) is 0 Å². The Balaban J connectivity index is 1.78. The number of aromatic nitrogens is 1. The molecule has 7 heteroatoms. The Labute approximate surface area is 188 Å². The summed E-state index contributed by atoms with van der Waals surface area (Å²) in [6.45, 7) is 11.2. The third-order valence-corrected chi connectivity index (χ3v) is 5.49. The number of nitrogens with one attached hydrogen (secondary N) is 1. The molecule has 2 atom stereocenters. The van der Waals surface area contributed by atoms with Gasteiger partial charge in [0.2, 0.25) is 0 Å². The van der Waals surface area contributed by atoms with Gasteiger partial charge in [-0.3, -0.25) is 4.79 Å². The number of carbonyl (C=O) groups is 1. The number of nitrogens with two attached hydrogens (primary N) is 1. The molecule has 0 fully saturated rings. The number of aryl methyl sites for hydroxylation is 2. The largest absolute Gasteiger partial charge is 0.459 e. The fourth-order valence-electron chi connectivity index (χ4n) is 3.70. The highest BCUT2D eigenvalue weighted by atomic mass is 16.6. The lowest BCUT2D eigenvalue weighted by molar-refractivity contribution is -0.156. The fourth-order valence-corrected chi connectivity index (χ4v) is 3.70. The number of rotatable bonds is 12. The molecular weight excluding hydrogens is 392 g/mol. The number of carbonyl (C=O) groups excluding carboxylic acids is 1. The molecule has 31 heavy (non-hydrogen) atoms. The Hall–Kier alpha value is -1.70. The van der Waals surface area contributed by atoms with Gasteiger partial charge in [-0.1, -0.05) is 6.07 Å². The summed E-state index contributed by atoms with van der Waals surface area (Å²) in [5.41, 5.74) is 8.04. The number of hydrogen-bond acceptors (Lipinski definition) is 7. The van der Waals surface area contributed by atoms with E-state index in [4.69, 9.17) is 20.2 Å². The van der Waals surface area contributed by atoms with Crippen LogP contribution in [-0.4, -0.2) is 66.9 Å². The van der Waals surface area contributed by atoms with Crippen molar-refractivity contribution in [1.82, 2.24) is 9.88 Å². The molecule has 1 aromatic rings. The zero-order valence-electron chi connectivity index (χ0n) is 20.1. The normalized spacial score (nSPS) is 15.8. The number of pyridine rings is 1. The molecule has 0 spiro atoms. The molecule has 1 aliphatic rings. The van der Waals surface area contributed by atoms with Crippen LogP contribution in [0.15, 0.2) is 12.1 Å². The molecule has 0 aromatic carbocycles. The monoisotopic (exact) mass is 434 g/mol. The molecule has 2 rings (SSSR count). The second-order valence-electron chi connectivity index (χ2n) is 9.57. The molecule has 176 valence electrons. The molecular formula is C24H42N4O3. The standard InChI is InChI=1S/C24H42N4O3/c1-18(30-5)17-28(16-13-21(25)23(29)31-24(2,3)4)15-7-6-10-20-12-11-19-9-8-14-26-22(19)27-20/h11-12,18,21H,6-10,13-17,25H2,1-5H3,(H,26,27)/t18-,21+/m1/s1. The summed E-state index contributed by atoms with van der Waals surface area (Å²) in [6, 6.07) is 3.78. The minimum absolute atomic E-state index is 0.131. The molecule has 0 saturated heterocycles. The predicted octanol–water partition coefficient (Wildman–Crippen LogP) is 3.16. The molecule has 7 nitrogen and oxygen atoms in total. The van der Waals surface area contributed by atoms with Gasteiger partial charge < -0.3 is 25.4 Å². The first-order valence-corrected chi connectivity index (χ1v) is 11.6. The quantitative estimate of drug-likeness (QED) is 0.386. The average Bonchev–Trinajstić information content (AvgIpc) is 2.73. The van der Waals surface area contributed by atoms with Gasteiger partial charge in [-0.15, -0.1) is 0 Å². The van der Waals surface area contributed by atoms with Crippen molar-refractivity contribution in [2.24, 2.45) is 5.73 Å². The Kier molecular flexibility index (Phi) is 10.2. The van der Waals surface area contributed by atoms with Gasteiger partial charge in [0.1, 0.15) is 17.5 Å². The van der Waals surface area contributed by atoms with Crippen molar-refractivity contribution in [2.75, 3.05) is 38.6 Å². The van der Waals surface area contributed by atoms with Crippen molar-refractivity contribution in [3.05, 3.63) is 23.4 Å². The SMILES string of the molecule is CO[C@H](C)CN(CCCCc1ccc2c(n1)NCCC2)CC[C@H](N)C(=O)OC(C)(C)C. The van der Waals surface area contributed by atoms with Gasteiger partial charge in [0.05, 0.1) is 6.10 Å². The number of nitrogens with zero attached hydrogens (tertiary/aromatic N) is 2. The zero-order chi connectivity index (χ0) is 22.9. The van der Waals surface area contributed by atoms with Crippen LogP contribution >= 0.6 is 0 Å². The lowest BCUT2D eigenvalue weighted by atomic mass is 10.1. The molecule has 0 aliphatic carbocycles. The van der Waals surface area contributed by atoms with Crippen LogP contribution in [0.25, 0.3) is 0 Å². The maximum atomic E-state index is 12.2. The fraction of sp³-hybridized carbons (Fsp3) is 0.750. The Morgan fingerprint density at radius 1 is 1.29 bits per heavy atom. The van der Waals surface area contributed by atoms with Gasteiger partial charge in [0.25, 0.3) is 0 Å². The van der Waals surface area contributed by atoms with E-state index in [-0.39, 0.29) is 12.1 Å². The van der Waals surface area contributed by atoms with Crippen molar-refractivity contribution in [3.8, 4) is 0 Å². The van der Waals surface area contributed by atoms with Gasteiger partial charge in [0, 0.05) is 32.4 Å². The van der Waals surface area contributed by atoms with E-state index in [0.29, 0.717) is 6.42 Å². The van der Waals surface area contributed by atoms with Gasteiger partial charge in [-0.05, 0) is 84.4 Å². The van der Waals surface area contributed by atoms with E-state index in [1.807, 2.05) is 20.8 Å². The molecule has 2 heterocycles. The van der Waals surface area contributed by atoms with E-state index in [0.717, 1.165) is 63.4 Å². The van der Waals surface area contributed by atoms with Gasteiger partial charge >= 0.3 is 5.97 Å². The lowest BCUT2D eigenvalue weighted by Gasteiger charge is -2.27. The van der Waals surface area contributed by atoms with E-state index in [9.17, 15) is 4.79 Å². The summed E-state index contributed by atoms with van der Waals surface area (Å²) < 4.78 is 10.8. The Bertz CT molecular complexity index is 690. The maximum Gasteiger partial charge on any atom is 0.323 e. The van der Waals surface area contributed by atoms with Crippen LogP contribution in [0.1, 0.15) is 64.6 Å². The number of ether oxygens (including phenoxy) is 2. The number of unbranched alkanes of at least 4 members (excludes halogenated alkanes) is 1. The molecule has 0 unspecified atom stereocenters. The summed E-state index contributed by atoms with van der Waals surface area (Å²) in [4.78, 5) is 19.3. The van der Waals surface area contributed by atoms with Crippen LogP contribution in [0, 0.1) is 0 Å². The van der Waals surface area contributed by atoms with Gasteiger partial charge in [0.15, 0.2) is 0 Å². The predicted molar refractivity (Wildman–Crippen MR) is 125 cm³/mol. The number of methoxy groups -OCH3 is 1. The number of esters is 1. The maximum absolute atomic E-state index is 12.2. The summed E-state index contributed by atoms with van der Waals surface area (Å²) in [5.74, 6) is 0.731. The van der Waals surface area contributed by atoms with Crippen molar-refractivity contribution in [2.45, 2.75) is 84.0 Å².